The van der Waals surface area contributed by atoms with Crippen LogP contribution in [0.5, 0.6) is 5.75 Å². The van der Waals surface area contributed by atoms with Gasteiger partial charge in [0.05, 0.1) is 24.2 Å². The molecule has 4 heteroatoms. The Balaban J connectivity index is 1.12. The van der Waals surface area contributed by atoms with Crippen molar-refractivity contribution < 1.29 is 9.15 Å². The monoisotopic (exact) mass is 644 g/mol. The molecule has 3 heterocycles. The van der Waals surface area contributed by atoms with Gasteiger partial charge in [-0.2, -0.15) is 0 Å². The molecule has 0 aliphatic heterocycles. The molecule has 0 saturated carbocycles. The Morgan fingerprint density at radius 3 is 1.88 bits per heavy atom. The summed E-state index contributed by atoms with van der Waals surface area (Å²) in [7, 11) is 1.70. The van der Waals surface area contributed by atoms with Crippen LogP contribution >= 0.6 is 0 Å². The lowest BCUT2D eigenvalue weighted by atomic mass is 9.97. The molecule has 0 aliphatic carbocycles. The smallest absolute Gasteiger partial charge is 0.136 e. The third-order valence-electron chi connectivity index (χ3n) is 9.40. The lowest BCUT2D eigenvalue weighted by molar-refractivity contribution is 0.416. The number of furan rings is 1. The Labute approximate surface area is 290 Å². The number of hydrogen-bond acceptors (Lipinski definition) is 4. The van der Waals surface area contributed by atoms with Crippen molar-refractivity contribution in [1.29, 1.82) is 0 Å². The molecule has 50 heavy (non-hydrogen) atoms. The highest BCUT2D eigenvalue weighted by Gasteiger charge is 2.15. The van der Waals surface area contributed by atoms with Gasteiger partial charge in [-0.05, 0) is 107 Å². The number of hydrogen-bond donors (Lipinski definition) is 0. The van der Waals surface area contributed by atoms with Gasteiger partial charge in [-0.1, -0.05) is 91.0 Å². The number of aryl methyl sites for hydroxylation is 1. The standard InChI is InChI=1S/C46H32N2O2/c1-29-21-36(33-19-20-38-40-23-31-13-6-7-14-32(31)27-46(40)50-45(38)28-33)24-41(47-29)34-15-10-16-35(22-34)42-25-37(30-11-4-3-5-12-30)26-43(48-42)39-17-8-9-18-44(39)49-2/h3-28H,1-2H3. The van der Waals surface area contributed by atoms with Crippen LogP contribution in [0.2, 0.25) is 0 Å². The summed E-state index contributed by atoms with van der Waals surface area (Å²) in [6, 6.07) is 54.8. The van der Waals surface area contributed by atoms with Crippen LogP contribution in [0.4, 0.5) is 0 Å². The van der Waals surface area contributed by atoms with Crippen LogP contribution in [-0.4, -0.2) is 17.1 Å². The van der Waals surface area contributed by atoms with Crippen LogP contribution in [0.1, 0.15) is 5.69 Å². The molecule has 0 amide bonds. The molecular weight excluding hydrogens is 613 g/mol. The number of pyridine rings is 2. The number of fused-ring (bicyclic) bond motifs is 4. The molecule has 0 atom stereocenters. The summed E-state index contributed by atoms with van der Waals surface area (Å²) in [5.41, 5.74) is 12.7. The summed E-state index contributed by atoms with van der Waals surface area (Å²) in [6.45, 7) is 2.05. The van der Waals surface area contributed by atoms with Crippen LogP contribution in [0.3, 0.4) is 0 Å². The summed E-state index contributed by atoms with van der Waals surface area (Å²) >= 11 is 0. The number of aromatic nitrogens is 2. The number of benzene rings is 6. The number of ether oxygens (including phenoxy) is 1. The first-order valence-electron chi connectivity index (χ1n) is 16.8. The zero-order valence-electron chi connectivity index (χ0n) is 27.7. The van der Waals surface area contributed by atoms with Gasteiger partial charge in [-0.3, -0.25) is 4.98 Å². The van der Waals surface area contributed by atoms with Gasteiger partial charge >= 0.3 is 0 Å². The molecule has 0 unspecified atom stereocenters. The van der Waals surface area contributed by atoms with Crippen molar-refractivity contribution in [2.75, 3.05) is 7.11 Å². The second-order valence-electron chi connectivity index (χ2n) is 12.7. The number of nitrogens with zero attached hydrogens (tertiary/aromatic N) is 2. The topological polar surface area (TPSA) is 48.2 Å². The third-order valence-corrected chi connectivity index (χ3v) is 9.40. The number of rotatable bonds is 6. The average molecular weight is 645 g/mol. The van der Waals surface area contributed by atoms with E-state index in [4.69, 9.17) is 19.1 Å². The quantitative estimate of drug-likeness (QED) is 0.181. The molecular formula is C46H32N2O2. The van der Waals surface area contributed by atoms with E-state index < -0.39 is 0 Å². The average Bonchev–Trinajstić information content (AvgIpc) is 3.53. The first-order valence-corrected chi connectivity index (χ1v) is 16.8. The van der Waals surface area contributed by atoms with E-state index in [2.05, 4.69) is 133 Å². The van der Waals surface area contributed by atoms with E-state index in [0.29, 0.717) is 0 Å². The van der Waals surface area contributed by atoms with E-state index in [1.54, 1.807) is 7.11 Å². The van der Waals surface area contributed by atoms with Gasteiger partial charge < -0.3 is 9.15 Å². The SMILES string of the molecule is COc1ccccc1-c1cc(-c2ccccc2)cc(-c2cccc(-c3cc(-c4ccc5c(c4)oc4cc6ccccc6cc45)cc(C)n3)c2)n1. The Hall–Kier alpha value is -6.52. The summed E-state index contributed by atoms with van der Waals surface area (Å²) in [4.78, 5) is 10.2. The van der Waals surface area contributed by atoms with Gasteiger partial charge in [0, 0.05) is 33.2 Å². The van der Waals surface area contributed by atoms with Crippen molar-refractivity contribution >= 4 is 32.7 Å². The minimum absolute atomic E-state index is 0.788. The second kappa shape index (κ2) is 12.2. The second-order valence-corrected chi connectivity index (χ2v) is 12.7. The van der Waals surface area contributed by atoms with Crippen molar-refractivity contribution in [3.05, 3.63) is 163 Å². The minimum Gasteiger partial charge on any atom is -0.496 e. The molecule has 4 nitrogen and oxygen atoms in total. The Morgan fingerprint density at radius 1 is 0.440 bits per heavy atom. The van der Waals surface area contributed by atoms with Crippen LogP contribution < -0.4 is 4.74 Å². The molecule has 0 saturated heterocycles. The molecule has 3 aromatic heterocycles. The largest absolute Gasteiger partial charge is 0.496 e. The van der Waals surface area contributed by atoms with Gasteiger partial charge in [-0.15, -0.1) is 0 Å². The maximum absolute atomic E-state index is 6.40. The molecule has 0 radical (unpaired) electrons. The van der Waals surface area contributed by atoms with E-state index in [1.165, 1.54) is 10.8 Å². The highest BCUT2D eigenvalue weighted by atomic mass is 16.5. The Kier molecular flexibility index (Phi) is 7.21. The third kappa shape index (κ3) is 5.37. The van der Waals surface area contributed by atoms with Crippen LogP contribution in [0, 0.1) is 6.92 Å². The lowest BCUT2D eigenvalue weighted by Crippen LogP contribution is -1.94. The molecule has 0 bridgehead atoms. The van der Waals surface area contributed by atoms with Gasteiger partial charge in [0.1, 0.15) is 16.9 Å². The van der Waals surface area contributed by atoms with E-state index >= 15 is 0 Å². The molecule has 9 aromatic rings. The van der Waals surface area contributed by atoms with Crippen molar-refractivity contribution in [1.82, 2.24) is 9.97 Å². The van der Waals surface area contributed by atoms with E-state index in [-0.39, 0.29) is 0 Å². The Morgan fingerprint density at radius 2 is 1.08 bits per heavy atom. The zero-order chi connectivity index (χ0) is 33.6. The van der Waals surface area contributed by atoms with Crippen molar-refractivity contribution in [3.63, 3.8) is 0 Å². The predicted molar refractivity (Wildman–Crippen MR) is 205 cm³/mol. The molecule has 238 valence electrons. The normalized spacial score (nSPS) is 11.4. The van der Waals surface area contributed by atoms with Gasteiger partial charge in [-0.25, -0.2) is 4.98 Å². The number of para-hydroxylation sites is 1. The maximum Gasteiger partial charge on any atom is 0.136 e. The van der Waals surface area contributed by atoms with Crippen LogP contribution in [0.25, 0.3) is 88.7 Å². The Bertz CT molecular complexity index is 2710. The fourth-order valence-corrected chi connectivity index (χ4v) is 6.93. The molecule has 9 rings (SSSR count). The lowest BCUT2D eigenvalue weighted by Gasteiger charge is -2.13. The molecule has 0 aliphatic rings. The fraction of sp³-hybridized carbons (Fsp3) is 0.0435. The van der Waals surface area contributed by atoms with Crippen LogP contribution in [0.15, 0.2) is 162 Å². The van der Waals surface area contributed by atoms with Gasteiger partial charge in [0.25, 0.3) is 0 Å². The first-order chi connectivity index (χ1) is 24.6. The summed E-state index contributed by atoms with van der Waals surface area (Å²) < 4.78 is 12.1. The van der Waals surface area contributed by atoms with Gasteiger partial charge in [0.2, 0.25) is 0 Å². The van der Waals surface area contributed by atoms with Crippen molar-refractivity contribution in [2.45, 2.75) is 6.92 Å². The highest BCUT2D eigenvalue weighted by molar-refractivity contribution is 6.10. The fourth-order valence-electron chi connectivity index (χ4n) is 6.93. The zero-order valence-corrected chi connectivity index (χ0v) is 27.7. The molecule has 0 spiro atoms. The van der Waals surface area contributed by atoms with Crippen molar-refractivity contribution in [2.24, 2.45) is 0 Å². The molecule has 0 fully saturated rings. The van der Waals surface area contributed by atoms with Gasteiger partial charge in [0.15, 0.2) is 0 Å². The molecule has 0 N–H and O–H groups in total. The van der Waals surface area contributed by atoms with E-state index in [1.807, 2.05) is 31.2 Å². The minimum atomic E-state index is 0.788. The summed E-state index contributed by atoms with van der Waals surface area (Å²) in [6.07, 6.45) is 0. The van der Waals surface area contributed by atoms with Crippen molar-refractivity contribution in [3.8, 4) is 61.8 Å². The van der Waals surface area contributed by atoms with E-state index in [0.717, 1.165) is 89.4 Å². The predicted octanol–water partition coefficient (Wildman–Crippen LogP) is 12.2. The maximum atomic E-state index is 6.40. The summed E-state index contributed by atoms with van der Waals surface area (Å²) in [5.74, 6) is 0.788. The molecule has 6 aromatic carbocycles. The number of methoxy groups -OCH3 is 1. The first kappa shape index (κ1) is 29.6. The summed E-state index contributed by atoms with van der Waals surface area (Å²) in [5, 5.41) is 4.63. The van der Waals surface area contributed by atoms with Crippen LogP contribution in [-0.2, 0) is 0 Å². The van der Waals surface area contributed by atoms with E-state index in [9.17, 15) is 0 Å². The highest BCUT2D eigenvalue weighted by Crippen LogP contribution is 2.37.